The summed E-state index contributed by atoms with van der Waals surface area (Å²) in [6.07, 6.45) is 0. The first-order chi connectivity index (χ1) is 31.2. The van der Waals surface area contributed by atoms with Crippen molar-refractivity contribution in [1.82, 2.24) is 9.13 Å². The van der Waals surface area contributed by atoms with E-state index in [1.807, 2.05) is 12.1 Å². The fourth-order valence-corrected chi connectivity index (χ4v) is 10.0. The number of para-hydroxylation sites is 3. The van der Waals surface area contributed by atoms with Crippen LogP contribution in [0.3, 0.4) is 0 Å². The molecule has 0 N–H and O–H groups in total. The highest BCUT2D eigenvalue weighted by Gasteiger charge is 2.19. The zero-order valence-electron chi connectivity index (χ0n) is 34.2. The van der Waals surface area contributed by atoms with Gasteiger partial charge in [0, 0.05) is 43.7 Å². The van der Waals surface area contributed by atoms with Crippen molar-refractivity contribution in [3.63, 3.8) is 0 Å². The molecule has 10 aromatic carbocycles. The number of nitrogens with zero attached hydrogens (tertiary/aromatic N) is 2. The normalized spacial score (nSPS) is 11.8. The number of aromatic nitrogens is 2. The van der Waals surface area contributed by atoms with Gasteiger partial charge in [-0.25, -0.2) is 0 Å². The lowest BCUT2D eigenvalue weighted by Gasteiger charge is -2.12. The van der Waals surface area contributed by atoms with Crippen LogP contribution in [0.5, 0.6) is 0 Å². The lowest BCUT2D eigenvalue weighted by Crippen LogP contribution is -1.94. The summed E-state index contributed by atoms with van der Waals surface area (Å²) < 4.78 is 11.0. The Bertz CT molecular complexity index is 3870. The highest BCUT2D eigenvalue weighted by atomic mass is 16.3. The number of benzene rings is 10. The Morgan fingerprint density at radius 2 is 0.714 bits per heavy atom. The van der Waals surface area contributed by atoms with Gasteiger partial charge in [-0.1, -0.05) is 170 Å². The molecule has 0 spiro atoms. The fraction of sp³-hybridized carbons (Fsp3) is 0. The molecular formula is C60H38N2O. The van der Waals surface area contributed by atoms with Gasteiger partial charge in [-0.2, -0.15) is 0 Å². The van der Waals surface area contributed by atoms with Crippen LogP contribution in [0.1, 0.15) is 0 Å². The summed E-state index contributed by atoms with van der Waals surface area (Å²) in [5.41, 5.74) is 18.4. The van der Waals surface area contributed by atoms with Crippen LogP contribution in [-0.2, 0) is 0 Å². The van der Waals surface area contributed by atoms with Crippen LogP contribution in [0.25, 0.3) is 121 Å². The van der Waals surface area contributed by atoms with E-state index in [-0.39, 0.29) is 0 Å². The Morgan fingerprint density at radius 3 is 1.43 bits per heavy atom. The molecule has 3 heterocycles. The third-order valence-corrected chi connectivity index (χ3v) is 13.0. The predicted molar refractivity (Wildman–Crippen MR) is 264 cm³/mol. The van der Waals surface area contributed by atoms with Crippen LogP contribution in [0.15, 0.2) is 235 Å². The molecule has 0 fully saturated rings. The van der Waals surface area contributed by atoms with Gasteiger partial charge in [-0.3, -0.25) is 0 Å². The molecule has 0 amide bonds. The van der Waals surface area contributed by atoms with Crippen LogP contribution in [0.2, 0.25) is 0 Å². The number of furan rings is 1. The van der Waals surface area contributed by atoms with E-state index in [2.05, 4.69) is 228 Å². The molecule has 0 aliphatic heterocycles. The second kappa shape index (κ2) is 14.1. The van der Waals surface area contributed by atoms with Gasteiger partial charge in [0.15, 0.2) is 0 Å². The van der Waals surface area contributed by atoms with Crippen molar-refractivity contribution in [3.8, 4) is 55.9 Å². The summed E-state index contributed by atoms with van der Waals surface area (Å²) in [5.74, 6) is 0. The minimum atomic E-state index is 0.913. The smallest absolute Gasteiger partial charge is 0.136 e. The molecule has 3 aromatic heterocycles. The van der Waals surface area contributed by atoms with Crippen LogP contribution < -0.4 is 0 Å². The number of hydrogen-bond acceptors (Lipinski definition) is 1. The Hall–Kier alpha value is -8.40. The van der Waals surface area contributed by atoms with Crippen molar-refractivity contribution in [1.29, 1.82) is 0 Å². The highest BCUT2D eigenvalue weighted by Crippen LogP contribution is 2.42. The highest BCUT2D eigenvalue weighted by molar-refractivity contribution is 6.17. The molecule has 0 atom stereocenters. The topological polar surface area (TPSA) is 23.0 Å². The Labute approximate surface area is 363 Å². The molecule has 13 rings (SSSR count). The van der Waals surface area contributed by atoms with Gasteiger partial charge < -0.3 is 13.6 Å². The van der Waals surface area contributed by atoms with Crippen molar-refractivity contribution in [2.45, 2.75) is 0 Å². The van der Waals surface area contributed by atoms with E-state index in [0.29, 0.717) is 0 Å². The standard InChI is InChI=1S/C60H38N2O/c1-2-12-39(13-3-1)41-28-35-46(36-29-41)62-53-19-7-4-14-49(53)50-37-32-44(38-56(50)62)48-17-10-21-55-59(48)51-15-5-8-20-54(51)61(55)45-33-30-42(31-34-45)40-24-26-43(27-25-40)47-18-11-23-58-60(47)52-16-6-9-22-57(52)63-58/h1-38H. The molecule has 3 nitrogen and oxygen atoms in total. The maximum absolute atomic E-state index is 6.19. The Kier molecular flexibility index (Phi) is 7.91. The van der Waals surface area contributed by atoms with Crippen molar-refractivity contribution in [2.75, 3.05) is 0 Å². The molecule has 294 valence electrons. The largest absolute Gasteiger partial charge is 0.456 e. The quantitative estimate of drug-likeness (QED) is 0.164. The van der Waals surface area contributed by atoms with Crippen molar-refractivity contribution < 1.29 is 4.42 Å². The van der Waals surface area contributed by atoms with Gasteiger partial charge >= 0.3 is 0 Å². The summed E-state index contributed by atoms with van der Waals surface area (Å²) in [6.45, 7) is 0. The van der Waals surface area contributed by atoms with Gasteiger partial charge in [0.05, 0.1) is 22.1 Å². The molecule has 0 bridgehead atoms. The summed E-state index contributed by atoms with van der Waals surface area (Å²) in [4.78, 5) is 0. The summed E-state index contributed by atoms with van der Waals surface area (Å²) in [7, 11) is 0. The van der Waals surface area contributed by atoms with E-state index in [9.17, 15) is 0 Å². The monoisotopic (exact) mass is 802 g/mol. The summed E-state index contributed by atoms with van der Waals surface area (Å²) in [6, 6.07) is 83.4. The summed E-state index contributed by atoms with van der Waals surface area (Å²) in [5, 5.41) is 7.29. The van der Waals surface area contributed by atoms with E-state index in [4.69, 9.17) is 4.42 Å². The van der Waals surface area contributed by atoms with E-state index >= 15 is 0 Å². The molecule has 3 heteroatoms. The zero-order chi connectivity index (χ0) is 41.4. The van der Waals surface area contributed by atoms with Gasteiger partial charge in [-0.15, -0.1) is 0 Å². The molecule has 0 aliphatic rings. The lowest BCUT2D eigenvalue weighted by molar-refractivity contribution is 0.669. The second-order valence-corrected chi connectivity index (χ2v) is 16.5. The van der Waals surface area contributed by atoms with Crippen LogP contribution >= 0.6 is 0 Å². The molecule has 13 aromatic rings. The first-order valence-electron chi connectivity index (χ1n) is 21.6. The molecule has 63 heavy (non-hydrogen) atoms. The number of rotatable bonds is 6. The maximum atomic E-state index is 6.19. The minimum absolute atomic E-state index is 0.913. The number of hydrogen-bond donors (Lipinski definition) is 0. The third kappa shape index (κ3) is 5.60. The van der Waals surface area contributed by atoms with E-state index < -0.39 is 0 Å². The average Bonchev–Trinajstić information content (AvgIpc) is 4.02. The minimum Gasteiger partial charge on any atom is -0.456 e. The van der Waals surface area contributed by atoms with Crippen LogP contribution in [-0.4, -0.2) is 9.13 Å². The molecular weight excluding hydrogens is 765 g/mol. The molecule has 0 saturated carbocycles. The first-order valence-corrected chi connectivity index (χ1v) is 21.6. The van der Waals surface area contributed by atoms with Crippen LogP contribution in [0, 0.1) is 0 Å². The first kappa shape index (κ1) is 35.4. The van der Waals surface area contributed by atoms with E-state index in [1.165, 1.54) is 88.1 Å². The second-order valence-electron chi connectivity index (χ2n) is 16.5. The van der Waals surface area contributed by atoms with Crippen LogP contribution in [0.4, 0.5) is 0 Å². The van der Waals surface area contributed by atoms with Crippen molar-refractivity contribution in [3.05, 3.63) is 231 Å². The van der Waals surface area contributed by atoms with E-state index in [0.717, 1.165) is 33.3 Å². The van der Waals surface area contributed by atoms with Gasteiger partial charge in [-0.05, 0) is 105 Å². The van der Waals surface area contributed by atoms with Gasteiger partial charge in [0.1, 0.15) is 11.2 Å². The molecule has 0 aliphatic carbocycles. The molecule has 0 saturated heterocycles. The third-order valence-electron chi connectivity index (χ3n) is 13.0. The average molecular weight is 803 g/mol. The van der Waals surface area contributed by atoms with E-state index in [1.54, 1.807) is 0 Å². The SMILES string of the molecule is c1ccc(-c2ccc(-n3c4ccccc4c4ccc(-c5cccc6c5c5ccccc5n6-c5ccc(-c6ccc(-c7cccc8oc9ccccc9c78)cc6)cc5)cc43)cc2)cc1. The summed E-state index contributed by atoms with van der Waals surface area (Å²) >= 11 is 0. The zero-order valence-corrected chi connectivity index (χ0v) is 34.2. The maximum Gasteiger partial charge on any atom is 0.136 e. The molecule has 0 unspecified atom stereocenters. The number of fused-ring (bicyclic) bond motifs is 9. The van der Waals surface area contributed by atoms with Crippen molar-refractivity contribution >= 4 is 65.6 Å². The lowest BCUT2D eigenvalue weighted by atomic mass is 9.97. The van der Waals surface area contributed by atoms with Crippen molar-refractivity contribution in [2.24, 2.45) is 0 Å². The van der Waals surface area contributed by atoms with Gasteiger partial charge in [0.2, 0.25) is 0 Å². The predicted octanol–water partition coefficient (Wildman–Crippen LogP) is 16.4. The van der Waals surface area contributed by atoms with Gasteiger partial charge in [0.25, 0.3) is 0 Å². The Morgan fingerprint density at radius 1 is 0.254 bits per heavy atom. The fourth-order valence-electron chi connectivity index (χ4n) is 10.0. The molecule has 0 radical (unpaired) electrons. The Balaban J connectivity index is 0.891.